The molecule has 14 aromatic rings. The minimum Gasteiger partial charge on any atom is -0.537 e. The molecule has 0 bridgehead atoms. The van der Waals surface area contributed by atoms with Crippen LogP contribution < -0.4 is 4.65 Å². The van der Waals surface area contributed by atoms with Crippen molar-refractivity contribution in [1.29, 1.82) is 0 Å². The molecule has 8 nitrogen and oxygen atoms in total. The summed E-state index contributed by atoms with van der Waals surface area (Å²) in [7, 11) is 0.674. The average molecular weight is 1200 g/mol. The van der Waals surface area contributed by atoms with Crippen molar-refractivity contribution >= 4 is 128 Å². The van der Waals surface area contributed by atoms with Gasteiger partial charge in [-0.1, -0.05) is 141 Å². The summed E-state index contributed by atoms with van der Waals surface area (Å²) >= 11 is 9.38. The zero-order valence-corrected chi connectivity index (χ0v) is 44.4. The number of imidazole rings is 2. The largest absolute Gasteiger partial charge is 0.569 e. The zero-order valence-electron chi connectivity index (χ0n) is 39.1. The third-order valence-electron chi connectivity index (χ3n) is 12.7. The van der Waals surface area contributed by atoms with Gasteiger partial charge in [-0.3, -0.25) is 9.13 Å². The van der Waals surface area contributed by atoms with E-state index < -0.39 is 0 Å². The fourth-order valence-electron chi connectivity index (χ4n) is 9.34. The summed E-state index contributed by atoms with van der Waals surface area (Å²) in [6.07, 6.45) is 0. The molecule has 0 amide bonds. The smallest absolute Gasteiger partial charge is 0.537 e. The highest BCUT2D eigenvalue weighted by Gasteiger charge is 2.18. The van der Waals surface area contributed by atoms with Crippen LogP contribution in [0.5, 0.6) is 5.75 Å². The molecule has 4 aromatic heterocycles. The molecule has 0 unspecified atom stereocenters. The number of rotatable bonds is 7. The summed E-state index contributed by atoms with van der Waals surface area (Å²) in [6.45, 7) is 0. The Morgan fingerprint density at radius 2 is 0.838 bits per heavy atom. The first-order valence-corrected chi connectivity index (χ1v) is 26.3. The van der Waals surface area contributed by atoms with E-state index in [4.69, 9.17) is 28.5 Å². The van der Waals surface area contributed by atoms with Gasteiger partial charge in [0.2, 0.25) is 0 Å². The Hall–Kier alpha value is -7.75. The number of furan rings is 2. The van der Waals surface area contributed by atoms with E-state index in [9.17, 15) is 0 Å². The molecule has 14 rings (SSSR count). The number of nitrogens with zero attached hydrogens (tertiary/aromatic N) is 4. The Morgan fingerprint density at radius 1 is 0.419 bits per heavy atom. The van der Waals surface area contributed by atoms with Gasteiger partial charge in [-0.05, 0) is 149 Å². The molecule has 12 heteroatoms. The predicted octanol–water partition coefficient (Wildman–Crippen LogP) is 17.6. The van der Waals surface area contributed by atoms with Gasteiger partial charge in [-0.15, -0.1) is 0 Å². The van der Waals surface area contributed by atoms with Crippen LogP contribution in [0.25, 0.3) is 111 Å². The molecule has 1 radical (unpaired) electrons. The van der Waals surface area contributed by atoms with Crippen LogP contribution in [0.3, 0.4) is 0 Å². The Morgan fingerprint density at radius 3 is 1.36 bits per heavy atom. The van der Waals surface area contributed by atoms with Crippen molar-refractivity contribution in [3.8, 4) is 51.0 Å². The van der Waals surface area contributed by atoms with E-state index in [0.717, 1.165) is 115 Å². The first kappa shape index (κ1) is 47.3. The third-order valence-corrected chi connectivity index (χ3v) is 14.4. The molecule has 0 fully saturated rings. The molecule has 4 heterocycles. The van der Waals surface area contributed by atoms with Crippen molar-refractivity contribution in [2.45, 2.75) is 0 Å². The van der Waals surface area contributed by atoms with Gasteiger partial charge in [0, 0.05) is 62.6 Å². The summed E-state index contributed by atoms with van der Waals surface area (Å²) < 4.78 is 24.5. The van der Waals surface area contributed by atoms with Gasteiger partial charge in [0.05, 0.1) is 22.1 Å². The molecule has 355 valence electrons. The van der Waals surface area contributed by atoms with Crippen LogP contribution in [0.2, 0.25) is 0 Å². The summed E-state index contributed by atoms with van der Waals surface area (Å²) in [4.78, 5) is 9.89. The average Bonchev–Trinajstić information content (AvgIpc) is 4.23. The molecule has 10 aromatic carbocycles. The fourth-order valence-corrected chi connectivity index (χ4v) is 10.6. The summed E-state index contributed by atoms with van der Waals surface area (Å²) in [5, 5.41) is 13.4. The van der Waals surface area contributed by atoms with Crippen LogP contribution in [0.15, 0.2) is 248 Å². The molecule has 0 atom stereocenters. The Kier molecular flexibility index (Phi) is 13.2. The number of para-hydroxylation sites is 2. The Bertz CT molecular complexity index is 4260. The first-order chi connectivity index (χ1) is 36.3. The SMILES string of the molecule is Brc1ccc2oc3ccc(-c4ccc5c(c4)nc(-c4ccccc4)n5-c4ccccc4)cc3c2c1.Brc1ccc2oc3ccc(I)cc3c2c1.O[B]Oc1ccc2c(c1)nc(-c1ccccc1)n2-c1ccccc1. The van der Waals surface area contributed by atoms with Crippen LogP contribution in [0, 0.1) is 3.57 Å². The highest BCUT2D eigenvalue weighted by atomic mass is 127. The molecule has 0 saturated heterocycles. The van der Waals surface area contributed by atoms with Gasteiger partial charge in [0.25, 0.3) is 0 Å². The van der Waals surface area contributed by atoms with Crippen LogP contribution in [0.1, 0.15) is 0 Å². The molecule has 1 N–H and O–H groups in total. The minimum absolute atomic E-state index is 0.544. The lowest BCUT2D eigenvalue weighted by Gasteiger charge is -2.09. The first-order valence-electron chi connectivity index (χ1n) is 23.6. The second-order valence-corrected chi connectivity index (χ2v) is 20.4. The van der Waals surface area contributed by atoms with Crippen molar-refractivity contribution in [3.63, 3.8) is 0 Å². The van der Waals surface area contributed by atoms with Crippen molar-refractivity contribution < 1.29 is 18.5 Å². The number of benzene rings is 10. The van der Waals surface area contributed by atoms with Gasteiger partial charge >= 0.3 is 7.69 Å². The zero-order chi connectivity index (χ0) is 50.1. The highest BCUT2D eigenvalue weighted by molar-refractivity contribution is 14.1. The molecule has 0 spiro atoms. The number of fused-ring (bicyclic) bond motifs is 8. The fraction of sp³-hybridized carbons (Fsp3) is 0. The lowest BCUT2D eigenvalue weighted by molar-refractivity contribution is 0.454. The molecule has 74 heavy (non-hydrogen) atoms. The summed E-state index contributed by atoms with van der Waals surface area (Å²) in [5.74, 6) is 2.34. The van der Waals surface area contributed by atoms with E-state index in [2.05, 4.69) is 185 Å². The van der Waals surface area contributed by atoms with Gasteiger partial charge in [-0.25, -0.2) is 9.97 Å². The van der Waals surface area contributed by atoms with E-state index in [1.54, 1.807) is 0 Å². The van der Waals surface area contributed by atoms with E-state index in [-0.39, 0.29) is 0 Å². The Balaban J connectivity index is 0.000000123. The van der Waals surface area contributed by atoms with Crippen molar-refractivity contribution in [2.24, 2.45) is 0 Å². The van der Waals surface area contributed by atoms with E-state index in [0.29, 0.717) is 13.4 Å². The van der Waals surface area contributed by atoms with Crippen molar-refractivity contribution in [1.82, 2.24) is 19.1 Å². The lowest BCUT2D eigenvalue weighted by atomic mass is 10.0. The van der Waals surface area contributed by atoms with Gasteiger partial charge in [0.1, 0.15) is 39.7 Å². The molecule has 0 aliphatic rings. The maximum atomic E-state index is 8.83. The number of hydrogen-bond donors (Lipinski definition) is 1. The van der Waals surface area contributed by atoms with E-state index in [1.807, 2.05) is 109 Å². The quantitative estimate of drug-likeness (QED) is 0.126. The summed E-state index contributed by atoms with van der Waals surface area (Å²) in [5.41, 5.74) is 14.0. The summed E-state index contributed by atoms with van der Waals surface area (Å²) in [6, 6.07) is 77.9. The number of aromatic nitrogens is 4. The van der Waals surface area contributed by atoms with Crippen molar-refractivity contribution in [3.05, 3.63) is 243 Å². The van der Waals surface area contributed by atoms with E-state index >= 15 is 0 Å². The van der Waals surface area contributed by atoms with Crippen molar-refractivity contribution in [2.75, 3.05) is 0 Å². The topological polar surface area (TPSA) is 91.4 Å². The maximum absolute atomic E-state index is 8.83. The molecule has 0 aliphatic heterocycles. The molecule has 0 saturated carbocycles. The minimum atomic E-state index is 0.544. The maximum Gasteiger partial charge on any atom is 0.569 e. The number of halogens is 3. The van der Waals surface area contributed by atoms with Crippen LogP contribution in [-0.2, 0) is 0 Å². The molecular formula is C62H39BBr2IN4O4. The monoisotopic (exact) mass is 1200 g/mol. The van der Waals surface area contributed by atoms with Gasteiger partial charge in [0.15, 0.2) is 0 Å². The standard InChI is InChI=1S/C31H19BrN2O.C19H14BN2O2.C12H6BrIO/c32-23-13-16-30-26(19-23)25-17-21(12-15-29(25)35-30)22-11-14-28-27(18-22)33-31(20-7-3-1-4-8-20)34(28)24-9-5-2-6-10-24;23-20-24-16-11-12-18-17(13-16)21-19(14-7-3-1-4-8-14)22(18)15-9-5-2-6-10-15;13-7-1-3-11-9(5-7)10-6-8(14)2-4-12(10)15-11/h1-19H;1-13,23H;1-6H. The lowest BCUT2D eigenvalue weighted by Crippen LogP contribution is -1.99. The second kappa shape index (κ2) is 20.6. The molecule has 0 aliphatic carbocycles. The third kappa shape index (κ3) is 9.41. The van der Waals surface area contributed by atoms with Gasteiger partial charge < -0.3 is 18.5 Å². The predicted molar refractivity (Wildman–Crippen MR) is 316 cm³/mol. The van der Waals surface area contributed by atoms with Gasteiger partial charge in [-0.2, -0.15) is 0 Å². The second-order valence-electron chi connectivity index (χ2n) is 17.4. The van der Waals surface area contributed by atoms with Crippen LogP contribution in [-0.4, -0.2) is 31.8 Å². The Labute approximate surface area is 456 Å². The van der Waals surface area contributed by atoms with E-state index in [1.165, 1.54) is 8.96 Å². The molecular weight excluding hydrogens is 1160 g/mol. The van der Waals surface area contributed by atoms with Crippen LogP contribution >= 0.6 is 54.5 Å². The van der Waals surface area contributed by atoms with Crippen LogP contribution in [0.4, 0.5) is 0 Å². The normalized spacial score (nSPS) is 11.2. The number of hydrogen-bond acceptors (Lipinski definition) is 6. The highest BCUT2D eigenvalue weighted by Crippen LogP contribution is 2.37.